The molecule has 1 saturated heterocycles. The zero-order valence-electron chi connectivity index (χ0n) is 15.7. The second-order valence-corrected chi connectivity index (χ2v) is 7.22. The topological polar surface area (TPSA) is 52.7 Å². The zero-order valence-corrected chi connectivity index (χ0v) is 16.4. The molecule has 1 fully saturated rings. The Hall–Kier alpha value is -2.65. The minimum Gasteiger partial charge on any atom is -0.336 e. The molecule has 10 heteroatoms. The van der Waals surface area contributed by atoms with Crippen molar-refractivity contribution >= 4 is 29.1 Å². The number of alkyl halides is 3. The maximum atomic E-state index is 14.0. The first-order valence-corrected chi connectivity index (χ1v) is 9.45. The molecule has 30 heavy (non-hydrogen) atoms. The molecular formula is C20H18ClF4N3O2. The quantitative estimate of drug-likeness (QED) is 0.729. The van der Waals surface area contributed by atoms with E-state index < -0.39 is 29.4 Å². The second-order valence-electron chi connectivity index (χ2n) is 6.78. The lowest BCUT2D eigenvalue weighted by molar-refractivity contribution is -0.137. The van der Waals surface area contributed by atoms with E-state index in [1.807, 2.05) is 0 Å². The normalized spacial score (nSPS) is 15.2. The fourth-order valence-corrected chi connectivity index (χ4v) is 3.33. The first-order valence-electron chi connectivity index (χ1n) is 9.08. The number of piperazine rings is 1. The van der Waals surface area contributed by atoms with Crippen LogP contribution in [-0.4, -0.2) is 54.3 Å². The highest BCUT2D eigenvalue weighted by Gasteiger charge is 2.33. The smallest absolute Gasteiger partial charge is 0.336 e. The average molecular weight is 444 g/mol. The molecule has 0 bridgehead atoms. The molecule has 0 unspecified atom stereocenters. The van der Waals surface area contributed by atoms with Gasteiger partial charge in [0.25, 0.3) is 5.91 Å². The number of carbonyl (C=O) groups is 2. The molecule has 0 atom stereocenters. The van der Waals surface area contributed by atoms with Crippen LogP contribution in [0.1, 0.15) is 15.9 Å². The van der Waals surface area contributed by atoms with Crippen LogP contribution in [0.15, 0.2) is 42.5 Å². The van der Waals surface area contributed by atoms with Crippen molar-refractivity contribution in [1.29, 1.82) is 0 Å². The van der Waals surface area contributed by atoms with Crippen LogP contribution in [0.4, 0.5) is 23.2 Å². The van der Waals surface area contributed by atoms with E-state index in [0.29, 0.717) is 13.1 Å². The lowest BCUT2D eigenvalue weighted by atomic mass is 10.1. The number of nitrogens with one attached hydrogen (secondary N) is 1. The number of benzene rings is 2. The first kappa shape index (κ1) is 22.0. The molecule has 0 aromatic heterocycles. The van der Waals surface area contributed by atoms with Crippen LogP contribution in [0.2, 0.25) is 5.02 Å². The van der Waals surface area contributed by atoms with Crippen molar-refractivity contribution in [3.63, 3.8) is 0 Å². The minimum atomic E-state index is -4.58. The summed E-state index contributed by atoms with van der Waals surface area (Å²) in [4.78, 5) is 27.9. The monoisotopic (exact) mass is 443 g/mol. The van der Waals surface area contributed by atoms with E-state index in [9.17, 15) is 27.2 Å². The van der Waals surface area contributed by atoms with Crippen molar-refractivity contribution in [1.82, 2.24) is 9.80 Å². The van der Waals surface area contributed by atoms with Crippen molar-refractivity contribution in [2.45, 2.75) is 6.18 Å². The van der Waals surface area contributed by atoms with Crippen molar-refractivity contribution in [2.24, 2.45) is 0 Å². The number of halogens is 5. The SMILES string of the molecule is O=C(CN1CCN(C(=O)c2ccc(Cl)cc2F)CC1)Nc1ccccc1C(F)(F)F. The first-order chi connectivity index (χ1) is 14.1. The molecule has 2 aromatic carbocycles. The predicted molar refractivity (Wildman–Crippen MR) is 104 cm³/mol. The van der Waals surface area contributed by atoms with Gasteiger partial charge in [0, 0.05) is 31.2 Å². The van der Waals surface area contributed by atoms with Crippen LogP contribution in [0.5, 0.6) is 0 Å². The van der Waals surface area contributed by atoms with Gasteiger partial charge in [-0.2, -0.15) is 13.2 Å². The van der Waals surface area contributed by atoms with E-state index in [1.165, 1.54) is 35.2 Å². The van der Waals surface area contributed by atoms with Crippen molar-refractivity contribution < 1.29 is 27.2 Å². The van der Waals surface area contributed by atoms with Gasteiger partial charge in [0.2, 0.25) is 5.91 Å². The number of amides is 2. The summed E-state index contributed by atoms with van der Waals surface area (Å²) in [7, 11) is 0. The summed E-state index contributed by atoms with van der Waals surface area (Å²) >= 11 is 5.70. The van der Waals surface area contributed by atoms with Crippen LogP contribution in [0.25, 0.3) is 0 Å². The molecule has 0 saturated carbocycles. The van der Waals surface area contributed by atoms with Crippen LogP contribution in [0, 0.1) is 5.82 Å². The Morgan fingerprint density at radius 3 is 2.33 bits per heavy atom. The molecule has 1 aliphatic heterocycles. The maximum Gasteiger partial charge on any atom is 0.418 e. The molecule has 2 aromatic rings. The summed E-state index contributed by atoms with van der Waals surface area (Å²) in [5, 5.41) is 2.48. The van der Waals surface area contributed by atoms with E-state index in [2.05, 4.69) is 5.32 Å². The highest BCUT2D eigenvalue weighted by atomic mass is 35.5. The molecule has 0 aliphatic carbocycles. The summed E-state index contributed by atoms with van der Waals surface area (Å²) in [6.07, 6.45) is -4.58. The highest BCUT2D eigenvalue weighted by Crippen LogP contribution is 2.34. The van der Waals surface area contributed by atoms with Gasteiger partial charge in [-0.25, -0.2) is 4.39 Å². The molecule has 2 amide bonds. The number of nitrogens with zero attached hydrogens (tertiary/aromatic N) is 2. The molecule has 0 spiro atoms. The Balaban J connectivity index is 1.55. The minimum absolute atomic E-state index is 0.0886. The molecule has 160 valence electrons. The Kier molecular flexibility index (Phi) is 6.62. The van der Waals surface area contributed by atoms with Crippen LogP contribution >= 0.6 is 11.6 Å². The summed E-state index contributed by atoms with van der Waals surface area (Å²) in [5.74, 6) is -1.78. The highest BCUT2D eigenvalue weighted by molar-refractivity contribution is 6.30. The average Bonchev–Trinajstić information content (AvgIpc) is 2.67. The van der Waals surface area contributed by atoms with Gasteiger partial charge >= 0.3 is 6.18 Å². The standard InChI is InChI=1S/C20H18ClF4N3O2/c21-13-5-6-14(16(22)11-13)19(30)28-9-7-27(8-10-28)12-18(29)26-17-4-2-1-3-15(17)20(23,24)25/h1-6,11H,7-10,12H2,(H,26,29). The number of carbonyl (C=O) groups excluding carboxylic acids is 2. The molecule has 0 radical (unpaired) electrons. The lowest BCUT2D eigenvalue weighted by Crippen LogP contribution is -2.50. The summed E-state index contributed by atoms with van der Waals surface area (Å²) in [6, 6.07) is 8.56. The summed E-state index contributed by atoms with van der Waals surface area (Å²) in [5.41, 5.74) is -1.31. The van der Waals surface area contributed by atoms with E-state index in [1.54, 1.807) is 4.90 Å². The number of hydrogen-bond donors (Lipinski definition) is 1. The Morgan fingerprint density at radius 1 is 1.03 bits per heavy atom. The van der Waals surface area contributed by atoms with E-state index in [4.69, 9.17) is 11.6 Å². The van der Waals surface area contributed by atoms with Crippen molar-refractivity contribution in [3.05, 3.63) is 64.4 Å². The third kappa shape index (κ3) is 5.28. The molecular weight excluding hydrogens is 426 g/mol. The van der Waals surface area contributed by atoms with Crippen LogP contribution < -0.4 is 5.32 Å². The van der Waals surface area contributed by atoms with Gasteiger partial charge in [0.1, 0.15) is 5.82 Å². The molecule has 3 rings (SSSR count). The van der Waals surface area contributed by atoms with Gasteiger partial charge in [0.05, 0.1) is 23.4 Å². The van der Waals surface area contributed by atoms with E-state index >= 15 is 0 Å². The van der Waals surface area contributed by atoms with E-state index in [-0.39, 0.29) is 35.9 Å². The van der Waals surface area contributed by atoms with E-state index in [0.717, 1.165) is 12.1 Å². The summed E-state index contributed by atoms with van der Waals surface area (Å²) in [6.45, 7) is 1.05. The third-order valence-electron chi connectivity index (χ3n) is 4.69. The van der Waals surface area contributed by atoms with Gasteiger partial charge in [0.15, 0.2) is 0 Å². The van der Waals surface area contributed by atoms with Crippen molar-refractivity contribution in [2.75, 3.05) is 38.0 Å². The molecule has 1 aliphatic rings. The van der Waals surface area contributed by atoms with Gasteiger partial charge in [-0.05, 0) is 30.3 Å². The summed E-state index contributed by atoms with van der Waals surface area (Å²) < 4.78 is 53.1. The number of hydrogen-bond acceptors (Lipinski definition) is 3. The fraction of sp³-hybridized carbons (Fsp3) is 0.300. The van der Waals surface area contributed by atoms with Gasteiger partial charge < -0.3 is 10.2 Å². The van der Waals surface area contributed by atoms with Gasteiger partial charge in [-0.1, -0.05) is 23.7 Å². The van der Waals surface area contributed by atoms with Gasteiger partial charge in [-0.3, -0.25) is 14.5 Å². The number of para-hydroxylation sites is 1. The molecule has 5 nitrogen and oxygen atoms in total. The maximum absolute atomic E-state index is 14.0. The van der Waals surface area contributed by atoms with Crippen molar-refractivity contribution in [3.8, 4) is 0 Å². The Labute approximate surface area is 175 Å². The van der Waals surface area contributed by atoms with Gasteiger partial charge in [-0.15, -0.1) is 0 Å². The lowest BCUT2D eigenvalue weighted by Gasteiger charge is -2.34. The molecule has 1 N–H and O–H groups in total. The van der Waals surface area contributed by atoms with Crippen LogP contribution in [-0.2, 0) is 11.0 Å². The largest absolute Gasteiger partial charge is 0.418 e. The Bertz CT molecular complexity index is 944. The van der Waals surface area contributed by atoms with Crippen LogP contribution in [0.3, 0.4) is 0 Å². The predicted octanol–water partition coefficient (Wildman–Crippen LogP) is 3.89. The second kappa shape index (κ2) is 9.01. The third-order valence-corrected chi connectivity index (χ3v) is 4.93. The Morgan fingerprint density at radius 2 is 1.70 bits per heavy atom. The zero-order chi connectivity index (χ0) is 21.9. The molecule has 1 heterocycles. The fourth-order valence-electron chi connectivity index (χ4n) is 3.17. The number of rotatable bonds is 4. The number of anilines is 1.